The van der Waals surface area contributed by atoms with Crippen LogP contribution in [-0.4, -0.2) is 48.5 Å². The first-order chi connectivity index (χ1) is 13.4. The number of halogens is 1. The Morgan fingerprint density at radius 3 is 2.57 bits per heavy atom. The molecule has 1 saturated heterocycles. The van der Waals surface area contributed by atoms with Gasteiger partial charge in [-0.15, -0.1) is 0 Å². The van der Waals surface area contributed by atoms with Gasteiger partial charge in [0.1, 0.15) is 0 Å². The number of anilines is 2. The summed E-state index contributed by atoms with van der Waals surface area (Å²) in [7, 11) is 0. The number of carbonyl (C=O) groups is 1. The molecule has 1 heterocycles. The topological polar surface area (TPSA) is 78.7 Å². The average molecular weight is 403 g/mol. The number of nitrogens with zero attached hydrogens (tertiary/aromatic N) is 3. The normalized spacial score (nSPS) is 14.7. The van der Waals surface area contributed by atoms with Crippen LogP contribution in [0.4, 0.5) is 17.1 Å². The number of carbonyl (C=O) groups excluding carboxylic acids is 1. The third kappa shape index (κ3) is 4.99. The van der Waals surface area contributed by atoms with Crippen molar-refractivity contribution in [2.75, 3.05) is 42.9 Å². The summed E-state index contributed by atoms with van der Waals surface area (Å²) in [6, 6.07) is 12.3. The van der Waals surface area contributed by atoms with E-state index in [0.717, 1.165) is 42.5 Å². The van der Waals surface area contributed by atoms with Crippen LogP contribution < -0.4 is 10.2 Å². The molecule has 8 heteroatoms. The van der Waals surface area contributed by atoms with E-state index in [2.05, 4.69) is 15.1 Å². The molecule has 28 heavy (non-hydrogen) atoms. The number of piperazine rings is 1. The van der Waals surface area contributed by atoms with Gasteiger partial charge in [-0.3, -0.25) is 19.8 Å². The van der Waals surface area contributed by atoms with Crippen LogP contribution >= 0.6 is 11.6 Å². The fourth-order valence-electron chi connectivity index (χ4n) is 3.25. The summed E-state index contributed by atoms with van der Waals surface area (Å²) in [6.45, 7) is 5.89. The molecule has 1 aliphatic heterocycles. The molecule has 0 saturated carbocycles. The van der Waals surface area contributed by atoms with E-state index in [1.165, 1.54) is 12.1 Å². The molecule has 0 aromatic heterocycles. The summed E-state index contributed by atoms with van der Waals surface area (Å²) < 4.78 is 0. The summed E-state index contributed by atoms with van der Waals surface area (Å²) in [5.74, 6) is -0.142. The third-order valence-corrected chi connectivity index (χ3v) is 5.25. The van der Waals surface area contributed by atoms with Gasteiger partial charge in [0.15, 0.2) is 0 Å². The number of hydrogen-bond donors (Lipinski definition) is 1. The molecule has 1 aliphatic rings. The predicted octanol–water partition coefficient (Wildman–Crippen LogP) is 3.71. The molecule has 148 valence electrons. The monoisotopic (exact) mass is 402 g/mol. The summed E-state index contributed by atoms with van der Waals surface area (Å²) in [5, 5.41) is 14.4. The van der Waals surface area contributed by atoms with Crippen LogP contribution in [0.5, 0.6) is 0 Å². The van der Waals surface area contributed by atoms with Crippen LogP contribution in [-0.2, 0) is 4.79 Å². The Morgan fingerprint density at radius 2 is 1.89 bits per heavy atom. The number of nitrogens with one attached hydrogen (secondary N) is 1. The van der Waals surface area contributed by atoms with E-state index >= 15 is 0 Å². The minimum Gasteiger partial charge on any atom is -0.368 e. The Kier molecular flexibility index (Phi) is 6.49. The second-order valence-corrected chi connectivity index (χ2v) is 7.24. The number of amides is 1. The smallest absolute Gasteiger partial charge is 0.271 e. The first kappa shape index (κ1) is 20.1. The second kappa shape index (κ2) is 9.03. The average Bonchev–Trinajstić information content (AvgIpc) is 2.69. The van der Waals surface area contributed by atoms with Gasteiger partial charge in [-0.2, -0.15) is 0 Å². The van der Waals surface area contributed by atoms with Gasteiger partial charge in [-0.1, -0.05) is 29.8 Å². The van der Waals surface area contributed by atoms with Gasteiger partial charge < -0.3 is 10.2 Å². The van der Waals surface area contributed by atoms with Crippen molar-refractivity contribution in [3.63, 3.8) is 0 Å². The zero-order chi connectivity index (χ0) is 20.1. The zero-order valence-electron chi connectivity index (χ0n) is 15.7. The number of non-ortho nitro benzene ring substituents is 1. The first-order valence-corrected chi connectivity index (χ1v) is 9.58. The highest BCUT2D eigenvalue weighted by atomic mass is 35.5. The molecule has 2 aromatic carbocycles. The van der Waals surface area contributed by atoms with E-state index in [1.54, 1.807) is 6.07 Å². The van der Waals surface area contributed by atoms with Crippen LogP contribution in [0.15, 0.2) is 42.5 Å². The lowest BCUT2D eigenvalue weighted by Crippen LogP contribution is -2.47. The van der Waals surface area contributed by atoms with Gasteiger partial charge in [0.25, 0.3) is 5.69 Å². The molecule has 2 aromatic rings. The van der Waals surface area contributed by atoms with E-state index in [0.29, 0.717) is 18.7 Å². The maximum Gasteiger partial charge on any atom is 0.271 e. The summed E-state index contributed by atoms with van der Waals surface area (Å²) in [4.78, 5) is 27.2. The minimum absolute atomic E-state index is 0.0309. The van der Waals surface area contributed by atoms with Crippen LogP contribution in [0.3, 0.4) is 0 Å². The molecule has 1 amide bonds. The van der Waals surface area contributed by atoms with E-state index < -0.39 is 4.92 Å². The van der Waals surface area contributed by atoms with E-state index in [9.17, 15) is 14.9 Å². The Morgan fingerprint density at radius 1 is 1.18 bits per heavy atom. The molecule has 0 radical (unpaired) electrons. The zero-order valence-corrected chi connectivity index (χ0v) is 16.5. The number of benzene rings is 2. The molecule has 7 nitrogen and oxygen atoms in total. The van der Waals surface area contributed by atoms with Crippen molar-refractivity contribution in [1.29, 1.82) is 0 Å². The SMILES string of the molecule is Cc1ccc([N+](=O)[O-])cc1NC(=O)CCN1CCN(c2ccccc2Cl)CC1. The van der Waals surface area contributed by atoms with Gasteiger partial charge in [0, 0.05) is 51.3 Å². The van der Waals surface area contributed by atoms with Crippen LogP contribution in [0.2, 0.25) is 5.02 Å². The van der Waals surface area contributed by atoms with Gasteiger partial charge in [-0.25, -0.2) is 0 Å². The van der Waals surface area contributed by atoms with Crippen molar-refractivity contribution in [3.8, 4) is 0 Å². The number of aryl methyl sites for hydroxylation is 1. The molecule has 1 fully saturated rings. The lowest BCUT2D eigenvalue weighted by atomic mass is 10.1. The second-order valence-electron chi connectivity index (χ2n) is 6.83. The first-order valence-electron chi connectivity index (χ1n) is 9.21. The molecule has 0 unspecified atom stereocenters. The molecule has 0 spiro atoms. The highest BCUT2D eigenvalue weighted by Crippen LogP contribution is 2.26. The largest absolute Gasteiger partial charge is 0.368 e. The molecular weight excluding hydrogens is 380 g/mol. The lowest BCUT2D eigenvalue weighted by Gasteiger charge is -2.36. The van der Waals surface area contributed by atoms with Gasteiger partial charge in [0.05, 0.1) is 21.3 Å². The van der Waals surface area contributed by atoms with Gasteiger partial charge in [-0.05, 0) is 24.6 Å². The maximum absolute atomic E-state index is 12.3. The molecule has 0 atom stereocenters. The Bertz CT molecular complexity index is 866. The van der Waals surface area contributed by atoms with E-state index in [4.69, 9.17) is 11.6 Å². The maximum atomic E-state index is 12.3. The number of nitro groups is 1. The highest BCUT2D eigenvalue weighted by Gasteiger charge is 2.19. The summed E-state index contributed by atoms with van der Waals surface area (Å²) in [6.07, 6.45) is 0.341. The van der Waals surface area contributed by atoms with Crippen molar-refractivity contribution in [2.24, 2.45) is 0 Å². The number of para-hydroxylation sites is 1. The third-order valence-electron chi connectivity index (χ3n) is 4.93. The molecule has 3 rings (SSSR count). The van der Waals surface area contributed by atoms with E-state index in [1.807, 2.05) is 31.2 Å². The number of hydrogen-bond acceptors (Lipinski definition) is 5. The Hall–Kier alpha value is -2.64. The predicted molar refractivity (Wildman–Crippen MR) is 111 cm³/mol. The van der Waals surface area contributed by atoms with Gasteiger partial charge >= 0.3 is 0 Å². The van der Waals surface area contributed by atoms with Crippen LogP contribution in [0.25, 0.3) is 0 Å². The van der Waals surface area contributed by atoms with Crippen molar-refractivity contribution >= 4 is 34.6 Å². The molecule has 1 N–H and O–H groups in total. The molecule has 0 aliphatic carbocycles. The van der Waals surface area contributed by atoms with Crippen LogP contribution in [0.1, 0.15) is 12.0 Å². The lowest BCUT2D eigenvalue weighted by molar-refractivity contribution is -0.384. The standard InChI is InChI=1S/C20H23ClN4O3/c1-15-6-7-16(25(27)28)14-18(15)22-20(26)8-9-23-10-12-24(13-11-23)19-5-3-2-4-17(19)21/h2-7,14H,8-13H2,1H3,(H,22,26). The van der Waals surface area contributed by atoms with E-state index in [-0.39, 0.29) is 11.6 Å². The summed E-state index contributed by atoms with van der Waals surface area (Å²) >= 11 is 6.27. The fourth-order valence-corrected chi connectivity index (χ4v) is 3.51. The van der Waals surface area contributed by atoms with Crippen molar-refractivity contribution < 1.29 is 9.72 Å². The van der Waals surface area contributed by atoms with Crippen molar-refractivity contribution in [3.05, 3.63) is 63.2 Å². The van der Waals surface area contributed by atoms with Gasteiger partial charge in [0.2, 0.25) is 5.91 Å². The Labute approximate surface area is 169 Å². The molecule has 0 bridgehead atoms. The number of rotatable bonds is 6. The van der Waals surface area contributed by atoms with Crippen LogP contribution in [0, 0.1) is 17.0 Å². The van der Waals surface area contributed by atoms with Crippen molar-refractivity contribution in [1.82, 2.24) is 4.90 Å². The Balaban J connectivity index is 1.48. The number of nitro benzene ring substituents is 1. The quantitative estimate of drug-likeness (QED) is 0.588. The minimum atomic E-state index is -0.465. The van der Waals surface area contributed by atoms with Crippen molar-refractivity contribution in [2.45, 2.75) is 13.3 Å². The summed E-state index contributed by atoms with van der Waals surface area (Å²) in [5.41, 5.74) is 2.30. The fraction of sp³-hybridized carbons (Fsp3) is 0.350. The highest BCUT2D eigenvalue weighted by molar-refractivity contribution is 6.33. The molecular formula is C20H23ClN4O3.